The first-order valence-corrected chi connectivity index (χ1v) is 8.10. The van der Waals surface area contributed by atoms with Crippen LogP contribution in [0.25, 0.3) is 0 Å². The third kappa shape index (κ3) is 3.10. The van der Waals surface area contributed by atoms with Gasteiger partial charge in [0.25, 0.3) is 0 Å². The minimum absolute atomic E-state index is 0.505. The molecule has 1 unspecified atom stereocenters. The van der Waals surface area contributed by atoms with Crippen molar-refractivity contribution in [3.05, 3.63) is 62.1 Å². The summed E-state index contributed by atoms with van der Waals surface area (Å²) in [4.78, 5) is 0. The van der Waals surface area contributed by atoms with E-state index < -0.39 is 6.10 Å². The Bertz CT molecular complexity index is 685. The molecule has 1 heterocycles. The molecule has 2 aromatic rings. The number of aliphatic hydroxyl groups excluding tert-OH is 1. The van der Waals surface area contributed by atoms with Crippen LogP contribution >= 0.6 is 27.5 Å². The lowest BCUT2D eigenvalue weighted by Gasteiger charge is -2.16. The van der Waals surface area contributed by atoms with Crippen molar-refractivity contribution in [2.45, 2.75) is 25.9 Å². The molecule has 2 nitrogen and oxygen atoms in total. The molecule has 1 N–H and O–H groups in total. The Morgan fingerprint density at radius 3 is 2.90 bits per heavy atom. The highest BCUT2D eigenvalue weighted by atomic mass is 79.9. The van der Waals surface area contributed by atoms with Crippen molar-refractivity contribution in [2.24, 2.45) is 0 Å². The van der Waals surface area contributed by atoms with Gasteiger partial charge in [-0.1, -0.05) is 33.6 Å². The molecule has 0 aliphatic carbocycles. The van der Waals surface area contributed by atoms with Gasteiger partial charge in [-0.3, -0.25) is 0 Å². The molecular weight excluding hydrogens is 352 g/mol. The topological polar surface area (TPSA) is 29.5 Å². The van der Waals surface area contributed by atoms with Crippen molar-refractivity contribution < 1.29 is 9.84 Å². The van der Waals surface area contributed by atoms with Crippen LogP contribution in [0, 0.1) is 6.92 Å². The van der Waals surface area contributed by atoms with E-state index in [0.717, 1.165) is 38.9 Å². The molecular formula is C17H16BrClO2. The zero-order valence-corrected chi connectivity index (χ0v) is 14.0. The van der Waals surface area contributed by atoms with E-state index in [0.29, 0.717) is 18.1 Å². The molecule has 110 valence electrons. The molecule has 1 aliphatic rings. The quantitative estimate of drug-likeness (QED) is 0.857. The maximum absolute atomic E-state index is 10.6. The molecule has 0 radical (unpaired) electrons. The molecule has 21 heavy (non-hydrogen) atoms. The summed E-state index contributed by atoms with van der Waals surface area (Å²) < 4.78 is 6.71. The van der Waals surface area contributed by atoms with Crippen LogP contribution < -0.4 is 4.74 Å². The van der Waals surface area contributed by atoms with Crippen molar-refractivity contribution >= 4 is 27.5 Å². The minimum atomic E-state index is -0.565. The van der Waals surface area contributed by atoms with Crippen LogP contribution in [-0.2, 0) is 12.8 Å². The average Bonchev–Trinajstić information content (AvgIpc) is 2.86. The van der Waals surface area contributed by atoms with Gasteiger partial charge in [-0.15, -0.1) is 0 Å². The van der Waals surface area contributed by atoms with E-state index in [2.05, 4.69) is 15.9 Å². The van der Waals surface area contributed by atoms with Crippen LogP contribution in [0.2, 0.25) is 5.02 Å². The molecule has 2 aromatic carbocycles. The van der Waals surface area contributed by atoms with E-state index in [4.69, 9.17) is 16.3 Å². The summed E-state index contributed by atoms with van der Waals surface area (Å²) >= 11 is 9.61. The molecule has 3 rings (SSSR count). The van der Waals surface area contributed by atoms with Gasteiger partial charge < -0.3 is 9.84 Å². The van der Waals surface area contributed by atoms with Gasteiger partial charge in [-0.25, -0.2) is 0 Å². The Labute approximate surface area is 137 Å². The van der Waals surface area contributed by atoms with Crippen LogP contribution in [0.1, 0.15) is 28.4 Å². The summed E-state index contributed by atoms with van der Waals surface area (Å²) in [5.41, 5.74) is 4.11. The van der Waals surface area contributed by atoms with Gasteiger partial charge in [0.05, 0.1) is 12.7 Å². The first-order chi connectivity index (χ1) is 10.0. The molecule has 0 spiro atoms. The van der Waals surface area contributed by atoms with Crippen LogP contribution in [0.4, 0.5) is 0 Å². The lowest BCUT2D eigenvalue weighted by Crippen LogP contribution is -2.05. The Hall–Kier alpha value is -1.03. The van der Waals surface area contributed by atoms with Gasteiger partial charge >= 0.3 is 0 Å². The highest BCUT2D eigenvalue weighted by molar-refractivity contribution is 9.10. The highest BCUT2D eigenvalue weighted by Crippen LogP contribution is 2.35. The summed E-state index contributed by atoms with van der Waals surface area (Å²) in [6.45, 7) is 2.69. The second-order valence-electron chi connectivity index (χ2n) is 5.37. The standard InChI is InChI=1S/C17H16BrClO2/c1-10-6-13(18)2-3-15(10)16(20)9-12-8-14(19)7-11-4-5-21-17(11)12/h2-3,6-8,16,20H,4-5,9H2,1H3. The number of ether oxygens (including phenoxy) is 1. The van der Waals surface area contributed by atoms with Crippen LogP contribution in [0.15, 0.2) is 34.8 Å². The summed E-state index contributed by atoms with van der Waals surface area (Å²) in [7, 11) is 0. The SMILES string of the molecule is Cc1cc(Br)ccc1C(O)Cc1cc(Cl)cc2c1OCC2. The number of hydrogen-bond donors (Lipinski definition) is 1. The molecule has 0 bridgehead atoms. The second-order valence-corrected chi connectivity index (χ2v) is 6.72. The Morgan fingerprint density at radius 1 is 1.33 bits per heavy atom. The number of aliphatic hydroxyl groups is 1. The number of hydrogen-bond acceptors (Lipinski definition) is 2. The van der Waals surface area contributed by atoms with Gasteiger partial charge in [0, 0.05) is 22.3 Å². The number of rotatable bonds is 3. The summed E-state index contributed by atoms with van der Waals surface area (Å²) in [6, 6.07) is 9.76. The largest absolute Gasteiger partial charge is 0.493 e. The lowest BCUT2D eigenvalue weighted by atomic mass is 9.96. The van der Waals surface area contributed by atoms with Crippen molar-refractivity contribution in [1.82, 2.24) is 0 Å². The zero-order valence-electron chi connectivity index (χ0n) is 11.7. The molecule has 0 saturated heterocycles. The van der Waals surface area contributed by atoms with Crippen molar-refractivity contribution in [2.75, 3.05) is 6.61 Å². The van der Waals surface area contributed by atoms with Crippen LogP contribution in [0.5, 0.6) is 5.75 Å². The summed E-state index contributed by atoms with van der Waals surface area (Å²) in [5, 5.41) is 11.3. The van der Waals surface area contributed by atoms with Gasteiger partial charge in [0.1, 0.15) is 5.75 Å². The van der Waals surface area contributed by atoms with Gasteiger partial charge in [-0.2, -0.15) is 0 Å². The maximum Gasteiger partial charge on any atom is 0.126 e. The first kappa shape index (κ1) is 14.9. The normalized spacial score (nSPS) is 14.7. The molecule has 4 heteroatoms. The van der Waals surface area contributed by atoms with E-state index in [1.54, 1.807) is 0 Å². The fourth-order valence-electron chi connectivity index (χ4n) is 2.83. The fourth-order valence-corrected chi connectivity index (χ4v) is 3.57. The molecule has 1 atom stereocenters. The molecule has 0 amide bonds. The number of benzene rings is 2. The van der Waals surface area contributed by atoms with Gasteiger partial charge in [0.15, 0.2) is 0 Å². The van der Waals surface area contributed by atoms with E-state index in [1.165, 1.54) is 0 Å². The molecule has 0 fully saturated rings. The third-order valence-electron chi connectivity index (χ3n) is 3.83. The van der Waals surface area contributed by atoms with Crippen molar-refractivity contribution in [3.63, 3.8) is 0 Å². The smallest absolute Gasteiger partial charge is 0.126 e. The minimum Gasteiger partial charge on any atom is -0.493 e. The van der Waals surface area contributed by atoms with Crippen molar-refractivity contribution in [3.8, 4) is 5.75 Å². The van der Waals surface area contributed by atoms with E-state index in [-0.39, 0.29) is 0 Å². The lowest BCUT2D eigenvalue weighted by molar-refractivity contribution is 0.176. The monoisotopic (exact) mass is 366 g/mol. The predicted octanol–water partition coefficient (Wildman–Crippen LogP) is 4.62. The van der Waals surface area contributed by atoms with Crippen LogP contribution in [0.3, 0.4) is 0 Å². The fraction of sp³-hybridized carbons (Fsp3) is 0.294. The second kappa shape index (κ2) is 5.99. The number of halogens is 2. The molecule has 0 aromatic heterocycles. The van der Waals surface area contributed by atoms with E-state index in [9.17, 15) is 5.11 Å². The Balaban J connectivity index is 1.90. The summed E-state index contributed by atoms with van der Waals surface area (Å²) in [6.07, 6.45) is 0.826. The van der Waals surface area contributed by atoms with Crippen molar-refractivity contribution in [1.29, 1.82) is 0 Å². The number of aryl methyl sites for hydroxylation is 1. The Kier molecular flexibility index (Phi) is 4.25. The maximum atomic E-state index is 10.6. The van der Waals surface area contributed by atoms with Gasteiger partial charge in [-0.05, 0) is 53.4 Å². The zero-order chi connectivity index (χ0) is 15.0. The molecule has 1 aliphatic heterocycles. The Morgan fingerprint density at radius 2 is 2.14 bits per heavy atom. The average molecular weight is 368 g/mol. The predicted molar refractivity (Wildman–Crippen MR) is 88.2 cm³/mol. The van der Waals surface area contributed by atoms with E-state index >= 15 is 0 Å². The van der Waals surface area contributed by atoms with Crippen LogP contribution in [-0.4, -0.2) is 11.7 Å². The third-order valence-corrected chi connectivity index (χ3v) is 4.54. The number of fused-ring (bicyclic) bond motifs is 1. The molecule has 0 saturated carbocycles. The highest BCUT2D eigenvalue weighted by Gasteiger charge is 2.20. The summed E-state index contributed by atoms with van der Waals surface area (Å²) in [5.74, 6) is 0.896. The van der Waals surface area contributed by atoms with Gasteiger partial charge in [0.2, 0.25) is 0 Å². The van der Waals surface area contributed by atoms with E-state index in [1.807, 2.05) is 37.3 Å². The first-order valence-electron chi connectivity index (χ1n) is 6.93.